The first-order chi connectivity index (χ1) is 8.69. The van der Waals surface area contributed by atoms with Crippen molar-refractivity contribution < 1.29 is 4.43 Å². The molecular weight excluding hydrogens is 272 g/mol. The topological polar surface area (TPSA) is 35.0 Å². The van der Waals surface area contributed by atoms with Gasteiger partial charge in [-0.1, -0.05) is 39.0 Å². The Labute approximate surface area is 121 Å². The van der Waals surface area contributed by atoms with Crippen molar-refractivity contribution in [3.63, 3.8) is 0 Å². The SMILES string of the molecule is CC(C)(C)[Si](C)(C)OCc1nnc([C@H]2C[C@H](C)C2)s1. The number of hydrogen-bond donors (Lipinski definition) is 0. The van der Waals surface area contributed by atoms with Crippen LogP contribution in [0.25, 0.3) is 0 Å². The molecule has 0 spiro atoms. The van der Waals surface area contributed by atoms with Crippen LogP contribution in [0, 0.1) is 5.92 Å². The number of rotatable bonds is 4. The van der Waals surface area contributed by atoms with Crippen molar-refractivity contribution >= 4 is 19.7 Å². The maximum absolute atomic E-state index is 6.19. The molecule has 1 heterocycles. The first kappa shape index (κ1) is 15.1. The third-order valence-corrected chi connectivity index (χ3v) is 10.1. The molecule has 0 radical (unpaired) electrons. The van der Waals surface area contributed by atoms with Gasteiger partial charge < -0.3 is 4.43 Å². The fourth-order valence-corrected chi connectivity index (χ4v) is 3.97. The van der Waals surface area contributed by atoms with Crippen LogP contribution in [-0.2, 0) is 11.0 Å². The molecule has 108 valence electrons. The van der Waals surface area contributed by atoms with Gasteiger partial charge in [0.15, 0.2) is 8.32 Å². The van der Waals surface area contributed by atoms with E-state index in [4.69, 9.17) is 4.43 Å². The Morgan fingerprint density at radius 1 is 1.26 bits per heavy atom. The second kappa shape index (κ2) is 5.26. The molecule has 19 heavy (non-hydrogen) atoms. The Hall–Kier alpha value is -0.263. The summed E-state index contributed by atoms with van der Waals surface area (Å²) in [5.74, 6) is 1.52. The predicted molar refractivity (Wildman–Crippen MR) is 83.0 cm³/mol. The van der Waals surface area contributed by atoms with Gasteiger partial charge in [-0.25, -0.2) is 0 Å². The molecule has 0 N–H and O–H groups in total. The number of nitrogens with zero attached hydrogens (tertiary/aromatic N) is 2. The molecule has 1 aromatic rings. The first-order valence-electron chi connectivity index (χ1n) is 7.15. The zero-order chi connectivity index (χ0) is 14.3. The molecule has 1 aromatic heterocycles. The Kier molecular flexibility index (Phi) is 4.19. The third kappa shape index (κ3) is 3.44. The molecule has 1 aliphatic carbocycles. The summed E-state index contributed by atoms with van der Waals surface area (Å²) >= 11 is 1.75. The van der Waals surface area contributed by atoms with Crippen molar-refractivity contribution in [3.8, 4) is 0 Å². The van der Waals surface area contributed by atoms with E-state index in [0.29, 0.717) is 12.5 Å². The van der Waals surface area contributed by atoms with Crippen molar-refractivity contribution in [2.75, 3.05) is 0 Å². The summed E-state index contributed by atoms with van der Waals surface area (Å²) in [4.78, 5) is 0. The molecule has 0 aromatic carbocycles. The van der Waals surface area contributed by atoms with Crippen molar-refractivity contribution in [2.24, 2.45) is 5.92 Å². The molecule has 0 atom stereocenters. The van der Waals surface area contributed by atoms with E-state index in [1.165, 1.54) is 17.8 Å². The molecule has 5 heteroatoms. The highest BCUT2D eigenvalue weighted by Gasteiger charge is 2.37. The Morgan fingerprint density at radius 3 is 2.42 bits per heavy atom. The largest absolute Gasteiger partial charge is 0.410 e. The molecule has 1 aliphatic rings. The maximum Gasteiger partial charge on any atom is 0.192 e. The van der Waals surface area contributed by atoms with E-state index < -0.39 is 8.32 Å². The lowest BCUT2D eigenvalue weighted by molar-refractivity contribution is 0.274. The summed E-state index contributed by atoms with van der Waals surface area (Å²) < 4.78 is 6.19. The van der Waals surface area contributed by atoms with E-state index >= 15 is 0 Å². The Bertz CT molecular complexity index is 433. The van der Waals surface area contributed by atoms with E-state index in [1.807, 2.05) is 0 Å². The van der Waals surface area contributed by atoms with Crippen LogP contribution in [0.3, 0.4) is 0 Å². The van der Waals surface area contributed by atoms with Crippen LogP contribution in [0.1, 0.15) is 56.5 Å². The van der Waals surface area contributed by atoms with Gasteiger partial charge in [0.2, 0.25) is 0 Å². The zero-order valence-electron chi connectivity index (χ0n) is 13.0. The predicted octanol–water partition coefficient (Wildman–Crippen LogP) is 4.57. The van der Waals surface area contributed by atoms with Gasteiger partial charge in [0.05, 0.1) is 6.61 Å². The summed E-state index contributed by atoms with van der Waals surface area (Å²) in [5.41, 5.74) is 0. The molecule has 0 bridgehead atoms. The van der Waals surface area contributed by atoms with Crippen molar-refractivity contribution in [1.82, 2.24) is 10.2 Å². The molecule has 1 fully saturated rings. The molecule has 2 rings (SSSR count). The van der Waals surface area contributed by atoms with Gasteiger partial charge >= 0.3 is 0 Å². The second-order valence-electron chi connectivity index (χ2n) is 7.36. The second-order valence-corrected chi connectivity index (χ2v) is 13.3. The molecule has 0 saturated heterocycles. The molecule has 1 saturated carbocycles. The lowest BCUT2D eigenvalue weighted by Gasteiger charge is -2.35. The minimum Gasteiger partial charge on any atom is -0.410 e. The summed E-state index contributed by atoms with van der Waals surface area (Å²) in [7, 11) is -1.67. The van der Waals surface area contributed by atoms with Crippen molar-refractivity contribution in [3.05, 3.63) is 10.0 Å². The Balaban J connectivity index is 1.90. The van der Waals surface area contributed by atoms with E-state index in [2.05, 4.69) is 51.0 Å². The minimum absolute atomic E-state index is 0.254. The van der Waals surface area contributed by atoms with Crippen molar-refractivity contribution in [2.45, 2.75) is 71.2 Å². The van der Waals surface area contributed by atoms with Gasteiger partial charge in [0, 0.05) is 5.92 Å². The minimum atomic E-state index is -1.67. The van der Waals surface area contributed by atoms with Gasteiger partial charge in [-0.2, -0.15) is 0 Å². The molecule has 0 unspecified atom stereocenters. The van der Waals surface area contributed by atoms with E-state index in [1.54, 1.807) is 11.3 Å². The van der Waals surface area contributed by atoms with E-state index in [0.717, 1.165) is 10.9 Å². The van der Waals surface area contributed by atoms with Gasteiger partial charge in [-0.3, -0.25) is 0 Å². The maximum atomic E-state index is 6.19. The van der Waals surface area contributed by atoms with Gasteiger partial charge in [-0.15, -0.1) is 10.2 Å². The van der Waals surface area contributed by atoms with Crippen LogP contribution >= 0.6 is 11.3 Å². The Morgan fingerprint density at radius 2 is 1.89 bits per heavy atom. The van der Waals surface area contributed by atoms with Crippen LogP contribution in [0.2, 0.25) is 18.1 Å². The average molecular weight is 299 g/mol. The number of hydrogen-bond acceptors (Lipinski definition) is 4. The van der Waals surface area contributed by atoms with Gasteiger partial charge in [-0.05, 0) is 36.9 Å². The van der Waals surface area contributed by atoms with Crippen LogP contribution < -0.4 is 0 Å². The quantitative estimate of drug-likeness (QED) is 0.764. The van der Waals surface area contributed by atoms with Gasteiger partial charge in [0.1, 0.15) is 10.0 Å². The lowest BCUT2D eigenvalue weighted by atomic mass is 9.77. The lowest BCUT2D eigenvalue weighted by Crippen LogP contribution is -2.40. The van der Waals surface area contributed by atoms with Crippen LogP contribution in [0.15, 0.2) is 0 Å². The highest BCUT2D eigenvalue weighted by molar-refractivity contribution is 7.11. The van der Waals surface area contributed by atoms with E-state index in [-0.39, 0.29) is 5.04 Å². The normalized spacial score (nSPS) is 24.3. The zero-order valence-corrected chi connectivity index (χ0v) is 14.8. The first-order valence-corrected chi connectivity index (χ1v) is 10.9. The molecule has 0 amide bonds. The average Bonchev–Trinajstić information content (AvgIpc) is 2.69. The molecular formula is C14H26N2OSSi. The van der Waals surface area contributed by atoms with E-state index in [9.17, 15) is 0 Å². The summed E-state index contributed by atoms with van der Waals surface area (Å²) in [6.07, 6.45) is 2.55. The van der Waals surface area contributed by atoms with Crippen molar-refractivity contribution in [1.29, 1.82) is 0 Å². The molecule has 0 aliphatic heterocycles. The monoisotopic (exact) mass is 298 g/mol. The smallest absolute Gasteiger partial charge is 0.192 e. The fourth-order valence-electron chi connectivity index (χ4n) is 2.05. The number of aromatic nitrogens is 2. The molecule has 3 nitrogen and oxygen atoms in total. The van der Waals surface area contributed by atoms with Gasteiger partial charge in [0.25, 0.3) is 0 Å². The van der Waals surface area contributed by atoms with Crippen LogP contribution in [0.5, 0.6) is 0 Å². The fraction of sp³-hybridized carbons (Fsp3) is 0.857. The third-order valence-electron chi connectivity index (χ3n) is 4.57. The summed E-state index contributed by atoms with van der Waals surface area (Å²) in [6.45, 7) is 14.3. The van der Waals surface area contributed by atoms with Crippen LogP contribution in [0.4, 0.5) is 0 Å². The standard InChI is InChI=1S/C14H26N2OSSi/c1-10-7-11(8-10)13-16-15-12(18-13)9-17-19(5,6)14(2,3)4/h10-11H,7-9H2,1-6H3/t10-,11-. The summed E-state index contributed by atoms with van der Waals surface area (Å²) in [5, 5.41) is 11.1. The summed E-state index contributed by atoms with van der Waals surface area (Å²) in [6, 6.07) is 0. The highest BCUT2D eigenvalue weighted by Crippen LogP contribution is 2.42. The van der Waals surface area contributed by atoms with Crippen LogP contribution in [-0.4, -0.2) is 18.5 Å². The highest BCUT2D eigenvalue weighted by atomic mass is 32.1.